The molecule has 1 aromatic carbocycles. The summed E-state index contributed by atoms with van der Waals surface area (Å²) in [6.07, 6.45) is 0.747. The quantitative estimate of drug-likeness (QED) is 0.534. The molecule has 1 unspecified atom stereocenters. The number of hydrogen-bond acceptors (Lipinski definition) is 4. The summed E-state index contributed by atoms with van der Waals surface area (Å²) in [4.78, 5) is 31.4. The molecule has 3 rings (SSSR count). The summed E-state index contributed by atoms with van der Waals surface area (Å²) in [5.41, 5.74) is 1.50. The number of aliphatic hydroxyl groups excluding tert-OH is 1. The Morgan fingerprint density at radius 1 is 1.19 bits per heavy atom. The van der Waals surface area contributed by atoms with Crippen LogP contribution in [0, 0.1) is 0 Å². The molecule has 1 aromatic heterocycles. The first kappa shape index (κ1) is 18.4. The third-order valence-electron chi connectivity index (χ3n) is 4.74. The van der Waals surface area contributed by atoms with E-state index in [0.29, 0.717) is 38.4 Å². The van der Waals surface area contributed by atoms with E-state index in [-0.39, 0.29) is 11.8 Å². The van der Waals surface area contributed by atoms with Crippen molar-refractivity contribution in [1.82, 2.24) is 20.1 Å². The van der Waals surface area contributed by atoms with E-state index in [4.69, 9.17) is 0 Å². The van der Waals surface area contributed by atoms with Gasteiger partial charge in [-0.1, -0.05) is 31.5 Å². The molecule has 0 saturated carbocycles. The highest BCUT2D eigenvalue weighted by Gasteiger charge is 2.28. The third kappa shape index (κ3) is 4.05. The standard InChI is InChI=1S/C19H26N4O3/c1-2-3-8-20-17(24)19(26)23-11-9-22(10-12-23)18(25)16-13-14-6-4-5-7-15(14)21-16/h4-7,13,17,20-21,24H,2-3,8-12H2,1H3. The number of aliphatic hydroxyl groups is 1. The molecule has 2 aromatic rings. The predicted molar refractivity (Wildman–Crippen MR) is 99.7 cm³/mol. The van der Waals surface area contributed by atoms with E-state index in [9.17, 15) is 14.7 Å². The van der Waals surface area contributed by atoms with E-state index in [1.165, 1.54) is 0 Å². The van der Waals surface area contributed by atoms with Gasteiger partial charge >= 0.3 is 0 Å². The molecular formula is C19H26N4O3. The Morgan fingerprint density at radius 3 is 2.58 bits per heavy atom. The zero-order chi connectivity index (χ0) is 18.5. The number of carbonyl (C=O) groups excluding carboxylic acids is 2. The first-order valence-corrected chi connectivity index (χ1v) is 9.17. The molecule has 0 bridgehead atoms. The molecule has 2 amide bonds. The average Bonchev–Trinajstić information content (AvgIpc) is 3.11. The number of hydrogen-bond donors (Lipinski definition) is 3. The maximum absolute atomic E-state index is 12.7. The number of benzene rings is 1. The van der Waals surface area contributed by atoms with Crippen molar-refractivity contribution in [3.63, 3.8) is 0 Å². The second-order valence-corrected chi connectivity index (χ2v) is 6.60. The molecule has 7 heteroatoms. The third-order valence-corrected chi connectivity index (χ3v) is 4.74. The number of fused-ring (bicyclic) bond motifs is 1. The fourth-order valence-corrected chi connectivity index (χ4v) is 3.16. The van der Waals surface area contributed by atoms with Gasteiger partial charge in [-0.05, 0) is 25.1 Å². The summed E-state index contributed by atoms with van der Waals surface area (Å²) < 4.78 is 0. The molecule has 26 heavy (non-hydrogen) atoms. The van der Waals surface area contributed by atoms with Gasteiger partial charge in [-0.2, -0.15) is 0 Å². The fourth-order valence-electron chi connectivity index (χ4n) is 3.16. The summed E-state index contributed by atoms with van der Waals surface area (Å²) in [6.45, 7) is 4.44. The van der Waals surface area contributed by atoms with E-state index in [1.54, 1.807) is 9.80 Å². The van der Waals surface area contributed by atoms with Gasteiger partial charge in [0.2, 0.25) is 0 Å². The molecule has 1 aliphatic heterocycles. The maximum Gasteiger partial charge on any atom is 0.270 e. The van der Waals surface area contributed by atoms with Gasteiger partial charge in [0.25, 0.3) is 11.8 Å². The monoisotopic (exact) mass is 358 g/mol. The summed E-state index contributed by atoms with van der Waals surface area (Å²) in [5, 5.41) is 13.8. The Balaban J connectivity index is 1.54. The molecule has 2 heterocycles. The molecule has 1 atom stereocenters. The van der Waals surface area contributed by atoms with Gasteiger partial charge in [0.1, 0.15) is 5.69 Å². The van der Waals surface area contributed by atoms with Gasteiger partial charge in [-0.25, -0.2) is 0 Å². The van der Waals surface area contributed by atoms with Crippen LogP contribution in [0.15, 0.2) is 30.3 Å². The summed E-state index contributed by atoms with van der Waals surface area (Å²) >= 11 is 0. The van der Waals surface area contributed by atoms with Crippen molar-refractivity contribution in [1.29, 1.82) is 0 Å². The first-order chi connectivity index (χ1) is 12.6. The van der Waals surface area contributed by atoms with Crippen LogP contribution in [-0.2, 0) is 4.79 Å². The van der Waals surface area contributed by atoms with Crippen LogP contribution in [0.4, 0.5) is 0 Å². The van der Waals surface area contributed by atoms with Crippen molar-refractivity contribution in [3.8, 4) is 0 Å². The van der Waals surface area contributed by atoms with Crippen molar-refractivity contribution in [2.75, 3.05) is 32.7 Å². The molecule has 7 nitrogen and oxygen atoms in total. The molecule has 0 radical (unpaired) electrons. The van der Waals surface area contributed by atoms with Crippen LogP contribution in [0.5, 0.6) is 0 Å². The van der Waals surface area contributed by atoms with E-state index in [1.807, 2.05) is 30.3 Å². The van der Waals surface area contributed by atoms with E-state index in [0.717, 1.165) is 23.7 Å². The van der Waals surface area contributed by atoms with Crippen molar-refractivity contribution in [3.05, 3.63) is 36.0 Å². The van der Waals surface area contributed by atoms with E-state index >= 15 is 0 Å². The Labute approximate surface area is 153 Å². The topological polar surface area (TPSA) is 88.7 Å². The van der Waals surface area contributed by atoms with Crippen LogP contribution in [0.3, 0.4) is 0 Å². The van der Waals surface area contributed by atoms with Crippen LogP contribution >= 0.6 is 0 Å². The predicted octanol–water partition coefficient (Wildman–Crippen LogP) is 1.16. The molecule has 1 fully saturated rings. The minimum absolute atomic E-state index is 0.0603. The molecule has 0 spiro atoms. The molecule has 0 aliphatic carbocycles. The number of aromatic nitrogens is 1. The van der Waals surface area contributed by atoms with Crippen LogP contribution in [-0.4, -0.2) is 70.7 Å². The van der Waals surface area contributed by atoms with E-state index in [2.05, 4.69) is 17.2 Å². The molecule has 3 N–H and O–H groups in total. The van der Waals surface area contributed by atoms with Crippen molar-refractivity contribution >= 4 is 22.7 Å². The van der Waals surface area contributed by atoms with Crippen molar-refractivity contribution in [2.24, 2.45) is 0 Å². The largest absolute Gasteiger partial charge is 0.370 e. The average molecular weight is 358 g/mol. The Kier molecular flexibility index (Phi) is 5.90. The number of piperazine rings is 1. The highest BCUT2D eigenvalue weighted by atomic mass is 16.3. The van der Waals surface area contributed by atoms with Crippen LogP contribution in [0.1, 0.15) is 30.3 Å². The second kappa shape index (κ2) is 8.33. The Hall–Kier alpha value is -2.38. The first-order valence-electron chi connectivity index (χ1n) is 9.17. The number of nitrogens with zero attached hydrogens (tertiary/aromatic N) is 2. The fraction of sp³-hybridized carbons (Fsp3) is 0.474. The number of amides is 2. The van der Waals surface area contributed by atoms with Gasteiger partial charge < -0.3 is 19.9 Å². The number of para-hydroxylation sites is 1. The van der Waals surface area contributed by atoms with Gasteiger partial charge in [0.15, 0.2) is 6.23 Å². The second-order valence-electron chi connectivity index (χ2n) is 6.60. The minimum Gasteiger partial charge on any atom is -0.370 e. The van der Waals surface area contributed by atoms with Crippen LogP contribution < -0.4 is 5.32 Å². The van der Waals surface area contributed by atoms with Gasteiger partial charge in [-0.15, -0.1) is 0 Å². The molecule has 1 aliphatic rings. The zero-order valence-electron chi connectivity index (χ0n) is 15.1. The van der Waals surface area contributed by atoms with Crippen LogP contribution in [0.2, 0.25) is 0 Å². The van der Waals surface area contributed by atoms with Gasteiger partial charge in [0, 0.05) is 37.1 Å². The minimum atomic E-state index is -1.17. The number of carbonyl (C=O) groups is 2. The normalized spacial score (nSPS) is 16.1. The number of aromatic amines is 1. The smallest absolute Gasteiger partial charge is 0.270 e. The lowest BCUT2D eigenvalue weighted by molar-refractivity contribution is -0.143. The van der Waals surface area contributed by atoms with Crippen LogP contribution in [0.25, 0.3) is 10.9 Å². The van der Waals surface area contributed by atoms with Gasteiger partial charge in [0.05, 0.1) is 0 Å². The summed E-state index contributed by atoms with van der Waals surface area (Å²) in [6, 6.07) is 9.63. The zero-order valence-corrected chi connectivity index (χ0v) is 15.1. The Bertz CT molecular complexity index is 732. The molecule has 140 valence electrons. The van der Waals surface area contributed by atoms with Gasteiger partial charge in [-0.3, -0.25) is 14.9 Å². The number of rotatable bonds is 6. The maximum atomic E-state index is 12.7. The number of H-pyrrole nitrogens is 1. The summed E-state index contributed by atoms with van der Waals surface area (Å²) in [7, 11) is 0. The lowest BCUT2D eigenvalue weighted by atomic mass is 10.2. The SMILES string of the molecule is CCCCNC(O)C(=O)N1CCN(C(=O)c2cc3ccccc3[nH]2)CC1. The summed E-state index contributed by atoms with van der Waals surface area (Å²) in [5.74, 6) is -0.381. The Morgan fingerprint density at radius 2 is 1.88 bits per heavy atom. The highest BCUT2D eigenvalue weighted by Crippen LogP contribution is 2.17. The van der Waals surface area contributed by atoms with E-state index < -0.39 is 6.23 Å². The van der Waals surface area contributed by atoms with Crippen molar-refractivity contribution in [2.45, 2.75) is 26.0 Å². The molecule has 1 saturated heterocycles. The lowest BCUT2D eigenvalue weighted by Crippen LogP contribution is -2.55. The number of nitrogens with one attached hydrogen (secondary N) is 2. The lowest BCUT2D eigenvalue weighted by Gasteiger charge is -2.35. The number of unbranched alkanes of at least 4 members (excludes halogenated alkanes) is 1. The van der Waals surface area contributed by atoms with Crippen molar-refractivity contribution < 1.29 is 14.7 Å². The highest BCUT2D eigenvalue weighted by molar-refractivity contribution is 5.98. The molecular weight excluding hydrogens is 332 g/mol.